The molecule has 1 unspecified atom stereocenters. The van der Waals surface area contributed by atoms with Crippen LogP contribution in [0.3, 0.4) is 0 Å². The van der Waals surface area contributed by atoms with Crippen molar-refractivity contribution in [1.82, 2.24) is 5.32 Å². The highest BCUT2D eigenvalue weighted by Gasteiger charge is 2.12. The average Bonchev–Trinajstić information content (AvgIpc) is 2.44. The molecule has 1 N–H and O–H groups in total. The molecular weight excluding hydrogens is 262 g/mol. The van der Waals surface area contributed by atoms with Crippen molar-refractivity contribution in [1.29, 1.82) is 0 Å². The Kier molecular flexibility index (Phi) is 7.94. The molecule has 120 valence electrons. The number of rotatable bonds is 9. The second kappa shape index (κ2) is 9.19. The number of hydrogen-bond donors (Lipinski definition) is 1. The Morgan fingerprint density at radius 2 is 1.76 bits per heavy atom. The Bertz CT molecular complexity index is 381. The maximum Gasteiger partial charge on any atom is 0.0716 e. The standard InChI is InChI=1S/C18H31NO2/c1-15(13-19-18(2,3)4)17-9-7-16(8-10-17)14-21-12-6-11-20-5/h7-10,15,19H,6,11-14H2,1-5H3. The summed E-state index contributed by atoms with van der Waals surface area (Å²) >= 11 is 0. The van der Waals surface area contributed by atoms with Crippen LogP contribution in [0.1, 0.15) is 51.2 Å². The summed E-state index contributed by atoms with van der Waals surface area (Å²) in [6.45, 7) is 12.0. The Morgan fingerprint density at radius 1 is 1.10 bits per heavy atom. The van der Waals surface area contributed by atoms with Crippen molar-refractivity contribution in [3.63, 3.8) is 0 Å². The zero-order valence-electron chi connectivity index (χ0n) is 14.2. The summed E-state index contributed by atoms with van der Waals surface area (Å²) in [5.41, 5.74) is 2.77. The van der Waals surface area contributed by atoms with Gasteiger partial charge in [0, 0.05) is 32.4 Å². The van der Waals surface area contributed by atoms with Gasteiger partial charge in [-0.2, -0.15) is 0 Å². The Labute approximate surface area is 130 Å². The number of hydrogen-bond acceptors (Lipinski definition) is 3. The van der Waals surface area contributed by atoms with Gasteiger partial charge in [-0.05, 0) is 44.2 Å². The van der Waals surface area contributed by atoms with Gasteiger partial charge in [0.15, 0.2) is 0 Å². The van der Waals surface area contributed by atoms with Gasteiger partial charge in [0.2, 0.25) is 0 Å². The van der Waals surface area contributed by atoms with E-state index in [-0.39, 0.29) is 5.54 Å². The molecule has 0 saturated heterocycles. The number of nitrogens with one attached hydrogen (secondary N) is 1. The molecule has 3 heteroatoms. The quantitative estimate of drug-likeness (QED) is 0.704. The third kappa shape index (κ3) is 8.20. The summed E-state index contributed by atoms with van der Waals surface area (Å²) in [6, 6.07) is 8.75. The summed E-state index contributed by atoms with van der Waals surface area (Å²) in [6.07, 6.45) is 0.949. The van der Waals surface area contributed by atoms with E-state index in [1.54, 1.807) is 7.11 Å². The maximum absolute atomic E-state index is 5.62. The van der Waals surface area contributed by atoms with Gasteiger partial charge in [0.1, 0.15) is 0 Å². The molecule has 0 aromatic heterocycles. The highest BCUT2D eigenvalue weighted by Crippen LogP contribution is 2.16. The lowest BCUT2D eigenvalue weighted by Crippen LogP contribution is -2.38. The van der Waals surface area contributed by atoms with Crippen molar-refractivity contribution >= 4 is 0 Å². The van der Waals surface area contributed by atoms with Gasteiger partial charge in [0.05, 0.1) is 6.61 Å². The van der Waals surface area contributed by atoms with E-state index >= 15 is 0 Å². The first-order valence-corrected chi connectivity index (χ1v) is 7.83. The first kappa shape index (κ1) is 18.1. The first-order valence-electron chi connectivity index (χ1n) is 7.83. The van der Waals surface area contributed by atoms with Crippen molar-refractivity contribution in [2.75, 3.05) is 26.9 Å². The summed E-state index contributed by atoms with van der Waals surface area (Å²) in [5.74, 6) is 0.515. The fraction of sp³-hybridized carbons (Fsp3) is 0.667. The average molecular weight is 293 g/mol. The SMILES string of the molecule is COCCCOCc1ccc(C(C)CNC(C)(C)C)cc1. The fourth-order valence-corrected chi connectivity index (χ4v) is 2.01. The highest BCUT2D eigenvalue weighted by atomic mass is 16.5. The Morgan fingerprint density at radius 3 is 2.33 bits per heavy atom. The van der Waals surface area contributed by atoms with Crippen molar-refractivity contribution in [3.05, 3.63) is 35.4 Å². The van der Waals surface area contributed by atoms with Crippen LogP contribution in [0.15, 0.2) is 24.3 Å². The van der Waals surface area contributed by atoms with Crippen LogP contribution in [0.25, 0.3) is 0 Å². The zero-order valence-corrected chi connectivity index (χ0v) is 14.2. The molecule has 21 heavy (non-hydrogen) atoms. The van der Waals surface area contributed by atoms with Crippen molar-refractivity contribution < 1.29 is 9.47 Å². The summed E-state index contributed by atoms with van der Waals surface area (Å²) < 4.78 is 10.6. The van der Waals surface area contributed by atoms with Crippen LogP contribution in [-0.2, 0) is 16.1 Å². The second-order valence-electron chi connectivity index (χ2n) is 6.67. The third-order valence-electron chi connectivity index (χ3n) is 3.39. The monoisotopic (exact) mass is 293 g/mol. The lowest BCUT2D eigenvalue weighted by molar-refractivity contribution is 0.0928. The normalized spacial score (nSPS) is 13.4. The van der Waals surface area contributed by atoms with Crippen LogP contribution < -0.4 is 5.32 Å². The third-order valence-corrected chi connectivity index (χ3v) is 3.39. The van der Waals surface area contributed by atoms with Crippen LogP contribution in [0.5, 0.6) is 0 Å². The van der Waals surface area contributed by atoms with Gasteiger partial charge in [-0.25, -0.2) is 0 Å². The number of benzene rings is 1. The zero-order chi connectivity index (χ0) is 15.7. The molecule has 0 amide bonds. The molecule has 0 saturated carbocycles. The smallest absolute Gasteiger partial charge is 0.0716 e. The maximum atomic E-state index is 5.62. The molecule has 1 aromatic carbocycles. The van der Waals surface area contributed by atoms with E-state index < -0.39 is 0 Å². The predicted octanol–water partition coefficient (Wildman–Crippen LogP) is 3.73. The van der Waals surface area contributed by atoms with Gasteiger partial charge in [-0.3, -0.25) is 0 Å². The molecule has 0 aliphatic rings. The van der Waals surface area contributed by atoms with E-state index in [1.807, 2.05) is 0 Å². The molecule has 1 aromatic rings. The van der Waals surface area contributed by atoms with Gasteiger partial charge < -0.3 is 14.8 Å². The minimum atomic E-state index is 0.171. The largest absolute Gasteiger partial charge is 0.385 e. The minimum Gasteiger partial charge on any atom is -0.385 e. The fourth-order valence-electron chi connectivity index (χ4n) is 2.01. The number of methoxy groups -OCH3 is 1. The molecule has 1 rings (SSSR count). The molecule has 0 spiro atoms. The topological polar surface area (TPSA) is 30.5 Å². The molecule has 0 aliphatic heterocycles. The van der Waals surface area contributed by atoms with Gasteiger partial charge in [-0.1, -0.05) is 31.2 Å². The minimum absolute atomic E-state index is 0.171. The van der Waals surface area contributed by atoms with Crippen LogP contribution in [0.2, 0.25) is 0 Å². The predicted molar refractivity (Wildman–Crippen MR) is 88.8 cm³/mol. The second-order valence-corrected chi connectivity index (χ2v) is 6.67. The molecule has 1 atom stereocenters. The molecule has 0 bridgehead atoms. The summed E-state index contributed by atoms with van der Waals surface area (Å²) in [4.78, 5) is 0. The van der Waals surface area contributed by atoms with Gasteiger partial charge >= 0.3 is 0 Å². The van der Waals surface area contributed by atoms with E-state index in [0.29, 0.717) is 12.5 Å². The Hall–Kier alpha value is -0.900. The van der Waals surface area contributed by atoms with Crippen LogP contribution in [0.4, 0.5) is 0 Å². The Balaban J connectivity index is 2.35. The van der Waals surface area contributed by atoms with Crippen LogP contribution in [0, 0.1) is 0 Å². The lowest BCUT2D eigenvalue weighted by Gasteiger charge is -2.23. The highest BCUT2D eigenvalue weighted by molar-refractivity contribution is 5.25. The van der Waals surface area contributed by atoms with E-state index in [1.165, 1.54) is 11.1 Å². The summed E-state index contributed by atoms with van der Waals surface area (Å²) in [5, 5.41) is 3.55. The lowest BCUT2D eigenvalue weighted by atomic mass is 9.98. The molecule has 3 nitrogen and oxygen atoms in total. The molecule has 0 heterocycles. The van der Waals surface area contributed by atoms with E-state index in [0.717, 1.165) is 26.2 Å². The van der Waals surface area contributed by atoms with E-state index in [9.17, 15) is 0 Å². The molecule has 0 aliphatic carbocycles. The van der Waals surface area contributed by atoms with Crippen molar-refractivity contribution in [2.24, 2.45) is 0 Å². The first-order chi connectivity index (χ1) is 9.92. The van der Waals surface area contributed by atoms with Gasteiger partial charge in [0.25, 0.3) is 0 Å². The molecule has 0 radical (unpaired) electrons. The van der Waals surface area contributed by atoms with Crippen LogP contribution >= 0.6 is 0 Å². The summed E-state index contributed by atoms with van der Waals surface area (Å²) in [7, 11) is 1.72. The number of ether oxygens (including phenoxy) is 2. The van der Waals surface area contributed by atoms with Crippen LogP contribution in [-0.4, -0.2) is 32.4 Å². The molecule has 0 fully saturated rings. The molecular formula is C18H31NO2. The van der Waals surface area contributed by atoms with Crippen molar-refractivity contribution in [3.8, 4) is 0 Å². The van der Waals surface area contributed by atoms with Crippen molar-refractivity contribution in [2.45, 2.75) is 52.2 Å². The van der Waals surface area contributed by atoms with E-state index in [2.05, 4.69) is 57.3 Å². The van der Waals surface area contributed by atoms with Gasteiger partial charge in [-0.15, -0.1) is 0 Å². The van der Waals surface area contributed by atoms with E-state index in [4.69, 9.17) is 9.47 Å².